The van der Waals surface area contributed by atoms with E-state index in [2.05, 4.69) is 9.97 Å². The van der Waals surface area contributed by atoms with Crippen LogP contribution in [0, 0.1) is 20.8 Å². The summed E-state index contributed by atoms with van der Waals surface area (Å²) in [6.07, 6.45) is 0. The molecule has 1 N–H and O–H groups in total. The summed E-state index contributed by atoms with van der Waals surface area (Å²) in [5.41, 5.74) is 3.10. The SMILES string of the molecule is COC(=O)c1ccc(C2C(C(=O)c3sc(C)nc3C)=C(O)C(=O)N2c2nc3ccc(C)cc3s2)cc1. The van der Waals surface area contributed by atoms with E-state index in [0.29, 0.717) is 37.4 Å². The lowest BCUT2D eigenvalue weighted by Gasteiger charge is -2.24. The number of hydrogen-bond donors (Lipinski definition) is 1. The van der Waals surface area contributed by atoms with Crippen LogP contribution in [0.15, 0.2) is 53.8 Å². The second-order valence-corrected chi connectivity index (χ2v) is 10.6. The van der Waals surface area contributed by atoms with Crippen molar-refractivity contribution in [3.05, 3.63) is 86.1 Å². The number of amides is 1. The van der Waals surface area contributed by atoms with Gasteiger partial charge in [0.25, 0.3) is 5.91 Å². The first-order valence-electron chi connectivity index (χ1n) is 11.0. The van der Waals surface area contributed by atoms with Gasteiger partial charge >= 0.3 is 5.97 Å². The first-order valence-corrected chi connectivity index (χ1v) is 12.6. The lowest BCUT2D eigenvalue weighted by Crippen LogP contribution is -2.31. The van der Waals surface area contributed by atoms with Gasteiger partial charge in [-0.3, -0.25) is 14.5 Å². The first kappa shape index (κ1) is 23.8. The topological polar surface area (TPSA) is 110 Å². The van der Waals surface area contributed by atoms with E-state index in [1.807, 2.05) is 25.1 Å². The van der Waals surface area contributed by atoms with Gasteiger partial charge in [0, 0.05) is 0 Å². The van der Waals surface area contributed by atoms with Gasteiger partial charge in [0.1, 0.15) is 0 Å². The van der Waals surface area contributed by atoms with Gasteiger partial charge in [-0.2, -0.15) is 0 Å². The molecule has 5 rings (SSSR count). The van der Waals surface area contributed by atoms with Gasteiger partial charge in [0.2, 0.25) is 5.78 Å². The maximum Gasteiger partial charge on any atom is 0.337 e. The number of anilines is 1. The van der Waals surface area contributed by atoms with E-state index in [-0.39, 0.29) is 5.57 Å². The maximum absolute atomic E-state index is 13.7. The van der Waals surface area contributed by atoms with Gasteiger partial charge in [0.15, 0.2) is 10.9 Å². The number of aromatic nitrogens is 2. The minimum atomic E-state index is -0.944. The largest absolute Gasteiger partial charge is 0.503 e. The molecule has 10 heteroatoms. The molecule has 0 fully saturated rings. The third kappa shape index (κ3) is 3.88. The number of nitrogens with zero attached hydrogens (tertiary/aromatic N) is 3. The molecule has 1 aliphatic rings. The fourth-order valence-electron chi connectivity index (χ4n) is 4.26. The summed E-state index contributed by atoms with van der Waals surface area (Å²) in [5, 5.41) is 12.1. The number of thiazole rings is 2. The Kier molecular flexibility index (Phi) is 5.93. The molecule has 2 aromatic heterocycles. The Balaban J connectivity index is 1.67. The zero-order valence-corrected chi connectivity index (χ0v) is 21.5. The zero-order chi connectivity index (χ0) is 25.7. The van der Waals surface area contributed by atoms with Crippen LogP contribution in [0.3, 0.4) is 0 Å². The van der Waals surface area contributed by atoms with Crippen LogP contribution in [0.2, 0.25) is 0 Å². The highest BCUT2D eigenvalue weighted by Crippen LogP contribution is 2.44. The number of aryl methyl sites for hydroxylation is 3. The summed E-state index contributed by atoms with van der Waals surface area (Å²) < 4.78 is 5.66. The number of carbonyl (C=O) groups excluding carboxylic acids is 3. The van der Waals surface area contributed by atoms with Crippen molar-refractivity contribution in [2.75, 3.05) is 12.0 Å². The second-order valence-electron chi connectivity index (χ2n) is 8.40. The van der Waals surface area contributed by atoms with Gasteiger partial charge in [-0.25, -0.2) is 14.8 Å². The molecular weight excluding hydrogens is 498 g/mol. The molecule has 36 heavy (non-hydrogen) atoms. The molecule has 0 radical (unpaired) electrons. The fourth-order valence-corrected chi connectivity index (χ4v) is 6.22. The first-order chi connectivity index (χ1) is 17.2. The monoisotopic (exact) mass is 519 g/mol. The summed E-state index contributed by atoms with van der Waals surface area (Å²) >= 11 is 2.51. The molecule has 0 saturated heterocycles. The number of aliphatic hydroxyl groups excluding tert-OH is 1. The number of aliphatic hydroxyl groups is 1. The maximum atomic E-state index is 13.7. The van der Waals surface area contributed by atoms with Crippen LogP contribution >= 0.6 is 22.7 Å². The molecule has 1 aliphatic heterocycles. The van der Waals surface area contributed by atoms with Gasteiger partial charge in [-0.05, 0) is 56.2 Å². The van der Waals surface area contributed by atoms with E-state index in [1.165, 1.54) is 34.7 Å². The predicted octanol–water partition coefficient (Wildman–Crippen LogP) is 5.25. The molecule has 0 bridgehead atoms. The number of methoxy groups -OCH3 is 1. The quantitative estimate of drug-likeness (QED) is 0.283. The minimum absolute atomic E-state index is 0.0481. The van der Waals surface area contributed by atoms with Crippen molar-refractivity contribution in [3.8, 4) is 0 Å². The van der Waals surface area contributed by atoms with Crippen molar-refractivity contribution in [2.45, 2.75) is 26.8 Å². The third-order valence-corrected chi connectivity index (χ3v) is 8.04. The molecule has 1 amide bonds. The van der Waals surface area contributed by atoms with Crippen LogP contribution in [-0.4, -0.2) is 39.8 Å². The Bertz CT molecular complexity index is 1580. The summed E-state index contributed by atoms with van der Waals surface area (Å²) in [7, 11) is 1.29. The van der Waals surface area contributed by atoms with Crippen LogP contribution in [0.25, 0.3) is 10.2 Å². The van der Waals surface area contributed by atoms with Crippen LogP contribution in [0.5, 0.6) is 0 Å². The molecule has 1 atom stereocenters. The smallest absolute Gasteiger partial charge is 0.337 e. The average molecular weight is 520 g/mol. The molecule has 2 aromatic carbocycles. The summed E-state index contributed by atoms with van der Waals surface area (Å²) in [6.45, 7) is 5.48. The average Bonchev–Trinajstić information content (AvgIpc) is 3.51. The number of ketones is 1. The predicted molar refractivity (Wildman–Crippen MR) is 138 cm³/mol. The zero-order valence-electron chi connectivity index (χ0n) is 19.9. The van der Waals surface area contributed by atoms with Crippen molar-refractivity contribution < 1.29 is 24.2 Å². The van der Waals surface area contributed by atoms with E-state index in [4.69, 9.17) is 4.74 Å². The van der Waals surface area contributed by atoms with Crippen molar-refractivity contribution in [1.82, 2.24) is 9.97 Å². The number of fused-ring (bicyclic) bond motifs is 1. The van der Waals surface area contributed by atoms with Crippen molar-refractivity contribution >= 4 is 55.7 Å². The van der Waals surface area contributed by atoms with Crippen LogP contribution in [0.1, 0.15) is 47.9 Å². The number of Topliss-reactive ketones (excluding diaryl/α,β-unsaturated/α-hetero) is 1. The van der Waals surface area contributed by atoms with Gasteiger partial charge in [-0.15, -0.1) is 11.3 Å². The Morgan fingerprint density at radius 3 is 2.39 bits per heavy atom. The molecule has 0 saturated carbocycles. The molecule has 0 aliphatic carbocycles. The summed E-state index contributed by atoms with van der Waals surface area (Å²) in [6, 6.07) is 11.2. The molecule has 182 valence electrons. The van der Waals surface area contributed by atoms with E-state index in [0.717, 1.165) is 10.3 Å². The highest BCUT2D eigenvalue weighted by atomic mass is 32.1. The summed E-state index contributed by atoms with van der Waals surface area (Å²) in [5.74, 6) is -2.31. The number of ether oxygens (including phenoxy) is 1. The highest BCUT2D eigenvalue weighted by Gasteiger charge is 2.46. The van der Waals surface area contributed by atoms with Gasteiger partial charge in [0.05, 0.1) is 50.1 Å². The number of hydrogen-bond acceptors (Lipinski definition) is 9. The van der Waals surface area contributed by atoms with Gasteiger partial charge < -0.3 is 9.84 Å². The molecular formula is C26H21N3O5S2. The Labute approximate surface area is 214 Å². The number of rotatable bonds is 5. The Morgan fingerprint density at radius 1 is 1.03 bits per heavy atom. The highest BCUT2D eigenvalue weighted by molar-refractivity contribution is 7.22. The van der Waals surface area contributed by atoms with Crippen LogP contribution < -0.4 is 4.90 Å². The fraction of sp³-hybridized carbons (Fsp3) is 0.192. The molecule has 4 aromatic rings. The molecule has 3 heterocycles. The van der Waals surface area contributed by atoms with Crippen molar-refractivity contribution in [2.24, 2.45) is 0 Å². The van der Waals surface area contributed by atoms with E-state index in [9.17, 15) is 19.5 Å². The normalized spacial score (nSPS) is 15.7. The third-order valence-electron chi connectivity index (χ3n) is 5.95. The van der Waals surface area contributed by atoms with Crippen LogP contribution in [0.4, 0.5) is 5.13 Å². The molecule has 1 unspecified atom stereocenters. The Hall–Kier alpha value is -3.89. The second kappa shape index (κ2) is 8.96. The standard InChI is InChI=1S/C26H21N3O5S2/c1-12-5-10-17-18(11-12)36-26(28-17)29-20(15-6-8-16(9-7-15)25(33)34-4)19(22(31)24(29)32)21(30)23-13(2)27-14(3)35-23/h5-11,20,31H,1-4H3. The lowest BCUT2D eigenvalue weighted by atomic mass is 9.94. The minimum Gasteiger partial charge on any atom is -0.503 e. The summed E-state index contributed by atoms with van der Waals surface area (Å²) in [4.78, 5) is 49.8. The van der Waals surface area contributed by atoms with Gasteiger partial charge in [-0.1, -0.05) is 29.5 Å². The molecule has 0 spiro atoms. The number of benzene rings is 2. The molecule has 8 nitrogen and oxygen atoms in total. The van der Waals surface area contributed by atoms with E-state index >= 15 is 0 Å². The van der Waals surface area contributed by atoms with Crippen molar-refractivity contribution in [1.29, 1.82) is 0 Å². The van der Waals surface area contributed by atoms with E-state index < -0.39 is 29.5 Å². The van der Waals surface area contributed by atoms with E-state index in [1.54, 1.807) is 38.1 Å². The number of esters is 1. The lowest BCUT2D eigenvalue weighted by molar-refractivity contribution is -0.117. The number of carbonyl (C=O) groups is 3. The Morgan fingerprint density at radius 2 is 1.75 bits per heavy atom. The van der Waals surface area contributed by atoms with Crippen molar-refractivity contribution in [3.63, 3.8) is 0 Å². The van der Waals surface area contributed by atoms with Crippen LogP contribution in [-0.2, 0) is 9.53 Å².